The summed E-state index contributed by atoms with van der Waals surface area (Å²) in [5.74, 6) is -0.264. The second kappa shape index (κ2) is 20.3. The molecule has 45 heavy (non-hydrogen) atoms. The van der Waals surface area contributed by atoms with Gasteiger partial charge >= 0.3 is 0 Å². The Morgan fingerprint density at radius 1 is 0.867 bits per heavy atom. The van der Waals surface area contributed by atoms with Gasteiger partial charge in [-0.05, 0) is 59.9 Å². The summed E-state index contributed by atoms with van der Waals surface area (Å²) in [6.07, 6.45) is 11.0. The fraction of sp³-hybridized carbons (Fsp3) is 0.429. The molecule has 0 aromatic heterocycles. The molecule has 0 spiro atoms. The van der Waals surface area contributed by atoms with Crippen LogP contribution in [0.15, 0.2) is 66.7 Å². The average Bonchev–Trinajstić information content (AvgIpc) is 3.01. The number of halogens is 2. The van der Waals surface area contributed by atoms with Crippen LogP contribution in [0.4, 0.5) is 5.69 Å². The second-order valence-electron chi connectivity index (χ2n) is 11.4. The number of hydrogen-bond donors (Lipinski definition) is 3. The molecule has 0 radical (unpaired) electrons. The van der Waals surface area contributed by atoms with Crippen LogP contribution in [-0.4, -0.2) is 37.1 Å². The SMILES string of the molecule is C1CCCCC1.CCC(C)C.O=C(CCc1ccc(C(=O)NCCS(=O)(=O)O)cc1)Nc1ccc(-c2ccc(Cl)cc2Cl)cc1. The van der Waals surface area contributed by atoms with E-state index < -0.39 is 21.8 Å². The molecular formula is C35H46Cl2N2O5S. The molecule has 2 amide bonds. The van der Waals surface area contributed by atoms with Crippen molar-refractivity contribution >= 4 is 50.8 Å². The number of rotatable bonds is 10. The lowest BCUT2D eigenvalue weighted by Crippen LogP contribution is -2.28. The summed E-state index contributed by atoms with van der Waals surface area (Å²) >= 11 is 12.2. The van der Waals surface area contributed by atoms with Crippen LogP contribution in [0.25, 0.3) is 11.1 Å². The van der Waals surface area contributed by atoms with Crippen LogP contribution in [0.5, 0.6) is 0 Å². The van der Waals surface area contributed by atoms with E-state index in [0.29, 0.717) is 27.7 Å². The molecule has 0 unspecified atom stereocenters. The lowest BCUT2D eigenvalue weighted by Gasteiger charge is -2.09. The van der Waals surface area contributed by atoms with Crippen molar-refractivity contribution in [1.82, 2.24) is 5.32 Å². The Morgan fingerprint density at radius 2 is 1.42 bits per heavy atom. The van der Waals surface area contributed by atoms with E-state index in [-0.39, 0.29) is 18.9 Å². The van der Waals surface area contributed by atoms with E-state index in [2.05, 4.69) is 31.4 Å². The predicted molar refractivity (Wildman–Crippen MR) is 187 cm³/mol. The maximum absolute atomic E-state index is 12.3. The van der Waals surface area contributed by atoms with Crippen LogP contribution in [0, 0.1) is 5.92 Å². The molecule has 1 saturated carbocycles. The van der Waals surface area contributed by atoms with Gasteiger partial charge in [0.2, 0.25) is 5.91 Å². The highest BCUT2D eigenvalue weighted by Crippen LogP contribution is 2.31. The molecule has 3 aromatic carbocycles. The van der Waals surface area contributed by atoms with Gasteiger partial charge in [-0.25, -0.2) is 0 Å². The number of amides is 2. The van der Waals surface area contributed by atoms with Crippen LogP contribution in [0.1, 0.15) is 88.1 Å². The molecule has 10 heteroatoms. The molecule has 0 atom stereocenters. The van der Waals surface area contributed by atoms with E-state index >= 15 is 0 Å². The van der Waals surface area contributed by atoms with Crippen LogP contribution < -0.4 is 10.6 Å². The number of benzene rings is 3. The number of carbonyl (C=O) groups excluding carboxylic acids is 2. The first-order valence-corrected chi connectivity index (χ1v) is 17.9. The first-order valence-electron chi connectivity index (χ1n) is 15.6. The van der Waals surface area contributed by atoms with Crippen molar-refractivity contribution < 1.29 is 22.6 Å². The normalized spacial score (nSPS) is 12.7. The third-order valence-electron chi connectivity index (χ3n) is 7.23. The van der Waals surface area contributed by atoms with Gasteiger partial charge in [-0.3, -0.25) is 14.1 Å². The zero-order valence-corrected chi connectivity index (χ0v) is 28.8. The molecule has 0 heterocycles. The van der Waals surface area contributed by atoms with Crippen LogP contribution >= 0.6 is 23.2 Å². The Labute approximate surface area is 278 Å². The molecule has 0 saturated heterocycles. The van der Waals surface area contributed by atoms with Crippen LogP contribution in [0.3, 0.4) is 0 Å². The fourth-order valence-electron chi connectivity index (χ4n) is 4.22. The van der Waals surface area contributed by atoms with E-state index in [1.807, 2.05) is 18.2 Å². The molecule has 0 aliphatic heterocycles. The maximum atomic E-state index is 12.3. The number of anilines is 1. The van der Waals surface area contributed by atoms with Gasteiger partial charge in [-0.2, -0.15) is 8.42 Å². The smallest absolute Gasteiger partial charge is 0.266 e. The van der Waals surface area contributed by atoms with Gasteiger partial charge in [-0.15, -0.1) is 0 Å². The lowest BCUT2D eigenvalue weighted by molar-refractivity contribution is -0.116. The summed E-state index contributed by atoms with van der Waals surface area (Å²) in [6, 6.07) is 19.3. The highest BCUT2D eigenvalue weighted by molar-refractivity contribution is 7.85. The number of carbonyl (C=O) groups is 2. The van der Waals surface area contributed by atoms with Crippen molar-refractivity contribution in [1.29, 1.82) is 0 Å². The highest BCUT2D eigenvalue weighted by Gasteiger charge is 2.10. The predicted octanol–water partition coefficient (Wildman–Crippen LogP) is 9.24. The molecule has 0 bridgehead atoms. The van der Waals surface area contributed by atoms with Gasteiger partial charge < -0.3 is 10.6 Å². The topological polar surface area (TPSA) is 113 Å². The van der Waals surface area contributed by atoms with Crippen molar-refractivity contribution in [2.45, 2.75) is 78.6 Å². The first-order chi connectivity index (χ1) is 21.4. The van der Waals surface area contributed by atoms with E-state index in [9.17, 15) is 18.0 Å². The van der Waals surface area contributed by atoms with Gasteiger partial charge in [-0.1, -0.05) is 119 Å². The maximum Gasteiger partial charge on any atom is 0.266 e. The number of hydrogen-bond acceptors (Lipinski definition) is 4. The molecule has 246 valence electrons. The van der Waals surface area contributed by atoms with Gasteiger partial charge in [0, 0.05) is 39.8 Å². The van der Waals surface area contributed by atoms with Crippen molar-refractivity contribution in [2.75, 3.05) is 17.6 Å². The van der Waals surface area contributed by atoms with Crippen molar-refractivity contribution in [2.24, 2.45) is 5.92 Å². The van der Waals surface area contributed by atoms with Gasteiger partial charge in [0.25, 0.3) is 16.0 Å². The highest BCUT2D eigenvalue weighted by atomic mass is 35.5. The van der Waals surface area contributed by atoms with Gasteiger partial charge in [0.1, 0.15) is 0 Å². The summed E-state index contributed by atoms with van der Waals surface area (Å²) < 4.78 is 30.1. The minimum atomic E-state index is -4.13. The monoisotopic (exact) mass is 676 g/mol. The van der Waals surface area contributed by atoms with Crippen LogP contribution in [0.2, 0.25) is 10.0 Å². The van der Waals surface area contributed by atoms with Crippen molar-refractivity contribution in [3.63, 3.8) is 0 Å². The molecule has 1 aliphatic carbocycles. The van der Waals surface area contributed by atoms with Crippen molar-refractivity contribution in [3.05, 3.63) is 87.9 Å². The Morgan fingerprint density at radius 3 is 1.91 bits per heavy atom. The minimum absolute atomic E-state index is 0.149. The van der Waals surface area contributed by atoms with E-state index in [4.69, 9.17) is 27.8 Å². The number of nitrogens with one attached hydrogen (secondary N) is 2. The molecule has 3 aromatic rings. The second-order valence-corrected chi connectivity index (χ2v) is 13.8. The molecular weight excluding hydrogens is 631 g/mol. The fourth-order valence-corrected chi connectivity index (χ4v) is 5.09. The van der Waals surface area contributed by atoms with Crippen LogP contribution in [-0.2, 0) is 21.3 Å². The number of aryl methyl sites for hydroxylation is 1. The summed E-state index contributed by atoms with van der Waals surface area (Å²) in [5.41, 5.74) is 3.64. The molecule has 1 aliphatic rings. The third-order valence-corrected chi connectivity index (χ3v) is 8.50. The molecule has 3 N–H and O–H groups in total. The Bertz CT molecular complexity index is 1430. The van der Waals surface area contributed by atoms with Gasteiger partial charge in [0.05, 0.1) is 5.75 Å². The van der Waals surface area contributed by atoms with Gasteiger partial charge in [0.15, 0.2) is 0 Å². The Kier molecular flexibility index (Phi) is 17.2. The third kappa shape index (κ3) is 16.3. The molecule has 1 fully saturated rings. The summed E-state index contributed by atoms with van der Waals surface area (Å²) in [5, 5.41) is 6.38. The summed E-state index contributed by atoms with van der Waals surface area (Å²) in [6.45, 7) is 6.46. The molecule has 4 rings (SSSR count). The van der Waals surface area contributed by atoms with E-state index in [0.717, 1.165) is 22.6 Å². The Balaban J connectivity index is 0.000000541. The Hall–Kier alpha value is -2.91. The zero-order valence-electron chi connectivity index (χ0n) is 26.5. The first kappa shape index (κ1) is 38.3. The van der Waals surface area contributed by atoms with E-state index in [1.165, 1.54) is 44.9 Å². The quantitative estimate of drug-likeness (QED) is 0.185. The summed E-state index contributed by atoms with van der Waals surface area (Å²) in [4.78, 5) is 24.3. The van der Waals surface area contributed by atoms with Crippen molar-refractivity contribution in [3.8, 4) is 11.1 Å². The minimum Gasteiger partial charge on any atom is -0.351 e. The largest absolute Gasteiger partial charge is 0.351 e. The molecule has 7 nitrogen and oxygen atoms in total. The summed E-state index contributed by atoms with van der Waals surface area (Å²) in [7, 11) is -4.13. The standard InChI is InChI=1S/C24H22Cl2N2O5S.C6H12.C5H12/c25-19-8-11-21(22(26)15-19)17-6-9-20(10-7-17)28-23(29)12-3-16-1-4-18(5-2-16)24(30)27-13-14-34(31,32)33;1-2-4-6-5-3-1;1-4-5(2)3/h1-2,4-11,15H,3,12-14H2,(H,27,30)(H,28,29)(H,31,32,33);1-6H2;5H,4H2,1-3H3. The lowest BCUT2D eigenvalue weighted by atomic mass is 10.0. The average molecular weight is 678 g/mol. The van der Waals surface area contributed by atoms with E-state index in [1.54, 1.807) is 48.5 Å². The zero-order chi connectivity index (χ0) is 33.2.